The van der Waals surface area contributed by atoms with Crippen LogP contribution in [-0.2, 0) is 4.79 Å². The van der Waals surface area contributed by atoms with Crippen LogP contribution in [0.1, 0.15) is 59.4 Å². The highest BCUT2D eigenvalue weighted by molar-refractivity contribution is 6.06. The summed E-state index contributed by atoms with van der Waals surface area (Å²) in [7, 11) is 0. The number of benzene rings is 3. The minimum atomic E-state index is -0.610. The Morgan fingerprint density at radius 3 is 2.12 bits per heavy atom. The standard InChI is InChI=1S/C32H37FN4O3/c1-4-25(23-12-8-7-9-13-23)31(39)37-20-18-36(19-21-37)29-17-16-24(22-27(29)32(40)35(5-2)6-3)34-30(38)26-14-10-11-15-28(26)33/h7-17,22,25H,4-6,18-21H2,1-3H3,(H,34,38)/t25-/m0/s1. The summed E-state index contributed by atoms with van der Waals surface area (Å²) in [6.07, 6.45) is 0.728. The van der Waals surface area contributed by atoms with E-state index in [1.54, 1.807) is 23.1 Å². The molecule has 3 aromatic rings. The van der Waals surface area contributed by atoms with Crippen molar-refractivity contribution in [3.63, 3.8) is 0 Å². The first kappa shape index (κ1) is 28.8. The first-order valence-electron chi connectivity index (χ1n) is 14.0. The van der Waals surface area contributed by atoms with Crippen molar-refractivity contribution in [3.8, 4) is 0 Å². The molecule has 0 aromatic heterocycles. The van der Waals surface area contributed by atoms with Crippen LogP contribution in [0.2, 0.25) is 0 Å². The van der Waals surface area contributed by atoms with Gasteiger partial charge in [0.05, 0.1) is 17.0 Å². The Bertz CT molecular complexity index is 1330. The molecule has 1 N–H and O–H groups in total. The molecule has 7 nitrogen and oxygen atoms in total. The van der Waals surface area contributed by atoms with Crippen molar-refractivity contribution in [3.05, 3.63) is 95.3 Å². The van der Waals surface area contributed by atoms with Crippen LogP contribution in [0.3, 0.4) is 0 Å². The van der Waals surface area contributed by atoms with Gasteiger partial charge in [0.25, 0.3) is 11.8 Å². The maximum atomic E-state index is 14.2. The van der Waals surface area contributed by atoms with E-state index in [9.17, 15) is 18.8 Å². The maximum Gasteiger partial charge on any atom is 0.258 e. The van der Waals surface area contributed by atoms with Gasteiger partial charge < -0.3 is 20.0 Å². The molecular weight excluding hydrogens is 507 g/mol. The lowest BCUT2D eigenvalue weighted by molar-refractivity contribution is -0.133. The van der Waals surface area contributed by atoms with Gasteiger partial charge in [-0.25, -0.2) is 4.39 Å². The van der Waals surface area contributed by atoms with Crippen LogP contribution < -0.4 is 10.2 Å². The first-order chi connectivity index (χ1) is 19.4. The van der Waals surface area contributed by atoms with Gasteiger partial charge in [-0.3, -0.25) is 14.4 Å². The first-order valence-corrected chi connectivity index (χ1v) is 14.0. The molecule has 1 aliphatic rings. The predicted octanol–water partition coefficient (Wildman–Crippen LogP) is 5.40. The third kappa shape index (κ3) is 6.33. The second-order valence-electron chi connectivity index (χ2n) is 9.83. The third-order valence-corrected chi connectivity index (χ3v) is 7.49. The highest BCUT2D eigenvalue weighted by Crippen LogP contribution is 2.29. The van der Waals surface area contributed by atoms with Crippen LogP contribution in [0.4, 0.5) is 15.8 Å². The van der Waals surface area contributed by atoms with Gasteiger partial charge in [-0.1, -0.05) is 49.4 Å². The number of rotatable bonds is 9. The number of carbonyl (C=O) groups is 3. The Morgan fingerprint density at radius 1 is 0.850 bits per heavy atom. The molecule has 1 aliphatic heterocycles. The van der Waals surface area contributed by atoms with Gasteiger partial charge in [0.1, 0.15) is 5.82 Å². The number of amides is 3. The quantitative estimate of drug-likeness (QED) is 0.391. The van der Waals surface area contributed by atoms with E-state index in [-0.39, 0.29) is 23.3 Å². The van der Waals surface area contributed by atoms with E-state index >= 15 is 0 Å². The minimum Gasteiger partial charge on any atom is -0.367 e. The number of carbonyl (C=O) groups excluding carboxylic acids is 3. The van der Waals surface area contributed by atoms with Gasteiger partial charge >= 0.3 is 0 Å². The van der Waals surface area contributed by atoms with E-state index in [1.807, 2.05) is 62.1 Å². The van der Waals surface area contributed by atoms with Crippen LogP contribution in [-0.4, -0.2) is 66.8 Å². The van der Waals surface area contributed by atoms with Crippen LogP contribution in [0.25, 0.3) is 0 Å². The molecule has 0 saturated carbocycles. The summed E-state index contributed by atoms with van der Waals surface area (Å²) in [5.74, 6) is -1.39. The topological polar surface area (TPSA) is 73.0 Å². The maximum absolute atomic E-state index is 14.2. The largest absolute Gasteiger partial charge is 0.367 e. The van der Waals surface area contributed by atoms with E-state index in [2.05, 4.69) is 10.2 Å². The summed E-state index contributed by atoms with van der Waals surface area (Å²) in [6.45, 7) is 9.22. The molecule has 1 saturated heterocycles. The molecular formula is C32H37FN4O3. The zero-order valence-electron chi connectivity index (χ0n) is 23.4. The molecule has 0 aliphatic carbocycles. The molecule has 0 unspecified atom stereocenters. The Hall–Kier alpha value is -4.20. The third-order valence-electron chi connectivity index (χ3n) is 7.49. The van der Waals surface area contributed by atoms with Crippen LogP contribution in [0.5, 0.6) is 0 Å². The highest BCUT2D eigenvalue weighted by Gasteiger charge is 2.29. The zero-order chi connectivity index (χ0) is 28.6. The van der Waals surface area contributed by atoms with E-state index in [4.69, 9.17) is 0 Å². The molecule has 0 bridgehead atoms. The van der Waals surface area contributed by atoms with Gasteiger partial charge in [0.2, 0.25) is 5.91 Å². The van der Waals surface area contributed by atoms with Gasteiger partial charge in [0, 0.05) is 50.6 Å². The van der Waals surface area contributed by atoms with Crippen molar-refractivity contribution in [2.75, 3.05) is 49.5 Å². The zero-order valence-corrected chi connectivity index (χ0v) is 23.4. The molecule has 4 rings (SSSR count). The van der Waals surface area contributed by atoms with Crippen LogP contribution in [0.15, 0.2) is 72.8 Å². The summed E-state index contributed by atoms with van der Waals surface area (Å²) in [4.78, 5) is 45.4. The van der Waals surface area contributed by atoms with E-state index in [0.717, 1.165) is 17.7 Å². The molecule has 3 amide bonds. The lowest BCUT2D eigenvalue weighted by atomic mass is 9.94. The fourth-order valence-electron chi connectivity index (χ4n) is 5.21. The SMILES string of the molecule is CC[C@H](C(=O)N1CCN(c2ccc(NC(=O)c3ccccc3F)cc2C(=O)N(CC)CC)CC1)c1ccccc1. The Kier molecular flexibility index (Phi) is 9.53. The van der Waals surface area contributed by atoms with Crippen LogP contribution >= 0.6 is 0 Å². The van der Waals surface area contributed by atoms with Crippen molar-refractivity contribution < 1.29 is 18.8 Å². The van der Waals surface area contributed by atoms with Gasteiger partial charge in [-0.2, -0.15) is 0 Å². The lowest BCUT2D eigenvalue weighted by Gasteiger charge is -2.38. The predicted molar refractivity (Wildman–Crippen MR) is 156 cm³/mol. The second kappa shape index (κ2) is 13.2. The van der Waals surface area contributed by atoms with E-state index < -0.39 is 11.7 Å². The Balaban J connectivity index is 1.54. The number of hydrogen-bond acceptors (Lipinski definition) is 4. The molecule has 0 spiro atoms. The second-order valence-corrected chi connectivity index (χ2v) is 9.83. The summed E-state index contributed by atoms with van der Waals surface area (Å²) in [5.41, 5.74) is 2.59. The fourth-order valence-corrected chi connectivity index (χ4v) is 5.21. The average Bonchev–Trinajstić information content (AvgIpc) is 2.99. The molecule has 210 valence electrons. The van der Waals surface area contributed by atoms with Gasteiger partial charge in [0.15, 0.2) is 0 Å². The van der Waals surface area contributed by atoms with E-state index in [1.165, 1.54) is 18.2 Å². The molecule has 1 heterocycles. The Labute approximate surface area is 235 Å². The van der Waals surface area contributed by atoms with Crippen molar-refractivity contribution in [1.29, 1.82) is 0 Å². The summed E-state index contributed by atoms with van der Waals surface area (Å²) >= 11 is 0. The highest BCUT2D eigenvalue weighted by atomic mass is 19.1. The number of nitrogens with one attached hydrogen (secondary N) is 1. The van der Waals surface area contributed by atoms with Gasteiger partial charge in [-0.15, -0.1) is 0 Å². The van der Waals surface area contributed by atoms with Crippen molar-refractivity contribution >= 4 is 29.1 Å². The number of hydrogen-bond donors (Lipinski definition) is 1. The molecule has 1 fully saturated rings. The lowest BCUT2D eigenvalue weighted by Crippen LogP contribution is -2.50. The number of anilines is 2. The molecule has 3 aromatic carbocycles. The Morgan fingerprint density at radius 2 is 1.50 bits per heavy atom. The van der Waals surface area contributed by atoms with Crippen molar-refractivity contribution in [1.82, 2.24) is 9.80 Å². The summed E-state index contributed by atoms with van der Waals surface area (Å²) in [6, 6.07) is 20.9. The smallest absolute Gasteiger partial charge is 0.258 e. The number of nitrogens with zero attached hydrogens (tertiary/aromatic N) is 3. The summed E-state index contributed by atoms with van der Waals surface area (Å²) < 4.78 is 14.2. The van der Waals surface area contributed by atoms with E-state index in [0.29, 0.717) is 50.5 Å². The van der Waals surface area contributed by atoms with Gasteiger partial charge in [-0.05, 0) is 56.2 Å². The fraction of sp³-hybridized carbons (Fsp3) is 0.344. The molecule has 40 heavy (non-hydrogen) atoms. The monoisotopic (exact) mass is 544 g/mol. The average molecular weight is 545 g/mol. The number of halogens is 1. The molecule has 1 atom stereocenters. The number of piperazine rings is 1. The van der Waals surface area contributed by atoms with Crippen LogP contribution in [0, 0.1) is 5.82 Å². The van der Waals surface area contributed by atoms with Crippen molar-refractivity contribution in [2.24, 2.45) is 0 Å². The molecule has 0 radical (unpaired) electrons. The summed E-state index contributed by atoms with van der Waals surface area (Å²) in [5, 5.41) is 2.73. The molecule has 8 heteroatoms. The normalized spacial score (nSPS) is 14.0. The minimum absolute atomic E-state index is 0.0649. The van der Waals surface area contributed by atoms with Crippen molar-refractivity contribution in [2.45, 2.75) is 33.1 Å².